The van der Waals surface area contributed by atoms with E-state index >= 15 is 0 Å². The van der Waals surface area contributed by atoms with E-state index in [1.807, 2.05) is 12.1 Å². The number of benzene rings is 3. The average molecular weight is 450 g/mol. The fourth-order valence-corrected chi connectivity index (χ4v) is 3.16. The van der Waals surface area contributed by atoms with E-state index in [1.54, 1.807) is 18.2 Å². The molecule has 0 aliphatic heterocycles. The lowest BCUT2D eigenvalue weighted by molar-refractivity contribution is 0.0697. The van der Waals surface area contributed by atoms with Gasteiger partial charge in [0.1, 0.15) is 12.4 Å². The van der Waals surface area contributed by atoms with Crippen LogP contribution < -0.4 is 14.8 Å². The summed E-state index contributed by atoms with van der Waals surface area (Å²) in [5.74, 6) is -0.460. The minimum absolute atomic E-state index is 0.0300. The molecule has 156 valence electrons. The topological polar surface area (TPSA) is 67.8 Å². The minimum Gasteiger partial charge on any atom is -0.493 e. The molecule has 0 bridgehead atoms. The molecule has 2 N–H and O–H groups in total. The second kappa shape index (κ2) is 9.69. The molecule has 0 aliphatic rings. The van der Waals surface area contributed by atoms with E-state index in [0.29, 0.717) is 34.3 Å². The molecule has 0 unspecified atom stereocenters. The number of carboxylic acids is 1. The van der Waals surface area contributed by atoms with Crippen LogP contribution in [-0.2, 0) is 13.2 Å². The van der Waals surface area contributed by atoms with Crippen molar-refractivity contribution in [1.29, 1.82) is 0 Å². The lowest BCUT2D eigenvalue weighted by Crippen LogP contribution is -2.04. The smallest absolute Gasteiger partial charge is 0.337 e. The van der Waals surface area contributed by atoms with Gasteiger partial charge >= 0.3 is 5.97 Å². The Bertz CT molecular complexity index is 1070. The van der Waals surface area contributed by atoms with Crippen LogP contribution in [0.5, 0.6) is 11.5 Å². The summed E-state index contributed by atoms with van der Waals surface area (Å²) in [6, 6.07) is 14.3. The van der Waals surface area contributed by atoms with Crippen LogP contribution in [-0.4, -0.2) is 18.2 Å². The van der Waals surface area contributed by atoms with E-state index in [4.69, 9.17) is 37.8 Å². The predicted octanol–water partition coefficient (Wildman–Crippen LogP) is 6.03. The number of methoxy groups -OCH3 is 1. The van der Waals surface area contributed by atoms with Gasteiger partial charge in [0.2, 0.25) is 0 Å². The van der Waals surface area contributed by atoms with Crippen molar-refractivity contribution < 1.29 is 23.8 Å². The Balaban J connectivity index is 1.68. The number of nitrogens with one attached hydrogen (secondary N) is 1. The molecule has 0 radical (unpaired) electrons. The van der Waals surface area contributed by atoms with E-state index in [9.17, 15) is 9.18 Å². The molecular formula is C22H18Cl2FNO4. The van der Waals surface area contributed by atoms with Crippen LogP contribution in [0.3, 0.4) is 0 Å². The zero-order valence-corrected chi connectivity index (χ0v) is 17.4. The lowest BCUT2D eigenvalue weighted by atomic mass is 10.1. The molecular weight excluding hydrogens is 432 g/mol. The fraction of sp³-hybridized carbons (Fsp3) is 0.136. The van der Waals surface area contributed by atoms with Gasteiger partial charge < -0.3 is 19.9 Å². The monoisotopic (exact) mass is 449 g/mol. The Morgan fingerprint density at radius 3 is 2.53 bits per heavy atom. The fourth-order valence-electron chi connectivity index (χ4n) is 2.74. The second-order valence-electron chi connectivity index (χ2n) is 6.36. The number of rotatable bonds is 8. The summed E-state index contributed by atoms with van der Waals surface area (Å²) < 4.78 is 24.3. The summed E-state index contributed by atoms with van der Waals surface area (Å²) in [7, 11) is 1.53. The van der Waals surface area contributed by atoms with Crippen molar-refractivity contribution in [2.75, 3.05) is 12.4 Å². The number of hydrogen-bond acceptors (Lipinski definition) is 4. The van der Waals surface area contributed by atoms with Crippen LogP contribution in [0.4, 0.5) is 10.1 Å². The van der Waals surface area contributed by atoms with Gasteiger partial charge in [0.05, 0.1) is 22.7 Å². The van der Waals surface area contributed by atoms with Gasteiger partial charge in [-0.05, 0) is 48.0 Å². The highest BCUT2D eigenvalue weighted by molar-refractivity contribution is 6.33. The molecule has 0 atom stereocenters. The van der Waals surface area contributed by atoms with E-state index < -0.39 is 11.8 Å². The van der Waals surface area contributed by atoms with Crippen LogP contribution in [0, 0.1) is 5.82 Å². The molecule has 5 nitrogen and oxygen atoms in total. The summed E-state index contributed by atoms with van der Waals surface area (Å²) >= 11 is 11.9. The maximum Gasteiger partial charge on any atom is 0.337 e. The number of ether oxygens (including phenoxy) is 2. The van der Waals surface area contributed by atoms with E-state index in [0.717, 1.165) is 5.56 Å². The summed E-state index contributed by atoms with van der Waals surface area (Å²) in [6.07, 6.45) is 0. The first-order valence-electron chi connectivity index (χ1n) is 8.87. The van der Waals surface area contributed by atoms with Crippen molar-refractivity contribution in [2.45, 2.75) is 13.2 Å². The second-order valence-corrected chi connectivity index (χ2v) is 7.18. The zero-order valence-electron chi connectivity index (χ0n) is 15.9. The highest BCUT2D eigenvalue weighted by Gasteiger charge is 2.11. The van der Waals surface area contributed by atoms with Gasteiger partial charge in [-0.2, -0.15) is 0 Å². The van der Waals surface area contributed by atoms with Gasteiger partial charge in [0.15, 0.2) is 11.5 Å². The van der Waals surface area contributed by atoms with Crippen molar-refractivity contribution in [3.63, 3.8) is 0 Å². The Morgan fingerprint density at radius 1 is 1.03 bits per heavy atom. The van der Waals surface area contributed by atoms with Crippen molar-refractivity contribution in [1.82, 2.24) is 0 Å². The van der Waals surface area contributed by atoms with Crippen LogP contribution in [0.25, 0.3) is 0 Å². The zero-order chi connectivity index (χ0) is 21.7. The molecule has 0 aliphatic carbocycles. The van der Waals surface area contributed by atoms with Gasteiger partial charge in [-0.15, -0.1) is 0 Å². The Kier molecular flexibility index (Phi) is 7.03. The highest BCUT2D eigenvalue weighted by atomic mass is 35.5. The quantitative estimate of drug-likeness (QED) is 0.439. The third-order valence-electron chi connectivity index (χ3n) is 4.32. The van der Waals surface area contributed by atoms with Crippen LogP contribution in [0.2, 0.25) is 10.0 Å². The number of anilines is 1. The number of carbonyl (C=O) groups is 1. The van der Waals surface area contributed by atoms with E-state index in [-0.39, 0.29) is 17.2 Å². The van der Waals surface area contributed by atoms with E-state index in [1.165, 1.54) is 31.4 Å². The molecule has 0 heterocycles. The molecule has 0 saturated carbocycles. The molecule has 8 heteroatoms. The van der Waals surface area contributed by atoms with E-state index in [2.05, 4.69) is 5.32 Å². The highest BCUT2D eigenvalue weighted by Crippen LogP contribution is 2.30. The standard InChI is InChI=1S/C22H18Cl2FNO4/c1-29-21-8-13(11-26-16-5-6-18(23)17(10-16)22(27)28)2-7-20(21)30-12-14-3-4-15(25)9-19(14)24/h2-10,26H,11-12H2,1H3,(H,27,28). The lowest BCUT2D eigenvalue weighted by Gasteiger charge is -2.14. The van der Waals surface area contributed by atoms with Gasteiger partial charge in [-0.1, -0.05) is 35.3 Å². The third kappa shape index (κ3) is 5.34. The molecule has 0 fully saturated rings. The van der Waals surface area contributed by atoms with Gasteiger partial charge in [-0.25, -0.2) is 9.18 Å². The number of carboxylic acid groups (broad SMARTS) is 1. The third-order valence-corrected chi connectivity index (χ3v) is 5.00. The summed E-state index contributed by atoms with van der Waals surface area (Å²) in [5, 5.41) is 12.8. The molecule has 3 rings (SSSR count). The average Bonchev–Trinajstić information content (AvgIpc) is 2.72. The molecule has 0 spiro atoms. The number of aromatic carboxylic acids is 1. The Labute approximate surface area is 183 Å². The molecule has 30 heavy (non-hydrogen) atoms. The maximum atomic E-state index is 13.2. The molecule has 0 aromatic heterocycles. The van der Waals surface area contributed by atoms with Gasteiger partial charge in [0, 0.05) is 17.8 Å². The Morgan fingerprint density at radius 2 is 1.83 bits per heavy atom. The summed E-state index contributed by atoms with van der Waals surface area (Å²) in [6.45, 7) is 0.594. The summed E-state index contributed by atoms with van der Waals surface area (Å²) in [5.41, 5.74) is 2.21. The van der Waals surface area contributed by atoms with Crippen molar-refractivity contribution in [3.05, 3.63) is 87.2 Å². The molecule has 0 amide bonds. The molecule has 3 aromatic carbocycles. The molecule has 3 aromatic rings. The largest absolute Gasteiger partial charge is 0.493 e. The molecule has 0 saturated heterocycles. The first-order valence-corrected chi connectivity index (χ1v) is 9.63. The van der Waals surface area contributed by atoms with Crippen molar-refractivity contribution in [2.24, 2.45) is 0 Å². The normalized spacial score (nSPS) is 10.5. The number of hydrogen-bond donors (Lipinski definition) is 2. The predicted molar refractivity (Wildman–Crippen MR) is 114 cm³/mol. The first kappa shape index (κ1) is 21.7. The summed E-state index contributed by atoms with van der Waals surface area (Å²) in [4.78, 5) is 11.2. The van der Waals surface area contributed by atoms with Crippen molar-refractivity contribution >= 4 is 34.9 Å². The van der Waals surface area contributed by atoms with Crippen LogP contribution >= 0.6 is 23.2 Å². The van der Waals surface area contributed by atoms with Gasteiger partial charge in [-0.3, -0.25) is 0 Å². The maximum absolute atomic E-state index is 13.2. The first-order chi connectivity index (χ1) is 14.4. The Hall–Kier alpha value is -2.96. The van der Waals surface area contributed by atoms with Gasteiger partial charge in [0.25, 0.3) is 0 Å². The number of halogens is 3. The minimum atomic E-state index is -1.09. The van der Waals surface area contributed by atoms with Crippen LogP contribution in [0.1, 0.15) is 21.5 Å². The van der Waals surface area contributed by atoms with Crippen LogP contribution in [0.15, 0.2) is 54.6 Å². The van der Waals surface area contributed by atoms with Crippen molar-refractivity contribution in [3.8, 4) is 11.5 Å². The SMILES string of the molecule is COc1cc(CNc2ccc(Cl)c(C(=O)O)c2)ccc1OCc1ccc(F)cc1Cl.